The zero-order chi connectivity index (χ0) is 15.6. The number of benzene rings is 1. The number of rotatable bonds is 3. The molecule has 1 aromatic carbocycles. The van der Waals surface area contributed by atoms with E-state index in [0.717, 1.165) is 0 Å². The number of hydrogen-bond donors (Lipinski definition) is 1. The smallest absolute Gasteiger partial charge is 0.257 e. The molecule has 110 valence electrons. The summed E-state index contributed by atoms with van der Waals surface area (Å²) in [6.07, 6.45) is 1.42. The Labute approximate surface area is 115 Å². The third-order valence-electron chi connectivity index (χ3n) is 2.59. The molecule has 8 heteroatoms. The van der Waals surface area contributed by atoms with Crippen molar-refractivity contribution in [3.05, 3.63) is 64.7 Å². The zero-order valence-electron chi connectivity index (χ0n) is 10.3. The molecule has 0 bridgehead atoms. The highest BCUT2D eigenvalue weighted by molar-refractivity contribution is 5.94. The number of hydrogen-bond acceptors (Lipinski definition) is 2. The van der Waals surface area contributed by atoms with Crippen LogP contribution in [0.25, 0.3) is 0 Å². The number of nitrogens with zero attached hydrogens (tertiary/aromatic N) is 1. The molecule has 1 heterocycles. The van der Waals surface area contributed by atoms with Crippen LogP contribution in [0.5, 0.6) is 0 Å². The van der Waals surface area contributed by atoms with Gasteiger partial charge in [-0.1, -0.05) is 6.07 Å². The molecular weight excluding hydrogens is 295 g/mol. The van der Waals surface area contributed by atoms with Gasteiger partial charge in [-0.25, -0.2) is 22.0 Å². The van der Waals surface area contributed by atoms with Crippen molar-refractivity contribution < 1.29 is 26.7 Å². The van der Waals surface area contributed by atoms with E-state index in [9.17, 15) is 26.7 Å². The summed E-state index contributed by atoms with van der Waals surface area (Å²) < 4.78 is 65.6. The third kappa shape index (κ3) is 2.83. The van der Waals surface area contributed by atoms with Crippen LogP contribution >= 0.6 is 0 Å². The Morgan fingerprint density at radius 2 is 1.52 bits per heavy atom. The van der Waals surface area contributed by atoms with Gasteiger partial charge in [-0.2, -0.15) is 0 Å². The van der Waals surface area contributed by atoms with Gasteiger partial charge in [0.15, 0.2) is 23.3 Å². The molecule has 0 unspecified atom stereocenters. The van der Waals surface area contributed by atoms with Gasteiger partial charge in [-0.3, -0.25) is 9.78 Å². The van der Waals surface area contributed by atoms with Crippen LogP contribution in [0, 0.1) is 29.1 Å². The number of pyridine rings is 1. The highest BCUT2D eigenvalue weighted by Gasteiger charge is 2.29. The van der Waals surface area contributed by atoms with Crippen LogP contribution in [0.4, 0.5) is 22.0 Å². The second-order valence-corrected chi connectivity index (χ2v) is 3.95. The van der Waals surface area contributed by atoms with Crippen molar-refractivity contribution in [1.29, 1.82) is 0 Å². The molecule has 0 aliphatic rings. The molecule has 0 spiro atoms. The lowest BCUT2D eigenvalue weighted by molar-refractivity contribution is 0.0938. The Balaban J connectivity index is 2.28. The number of halogens is 5. The van der Waals surface area contributed by atoms with Gasteiger partial charge in [0, 0.05) is 6.20 Å². The van der Waals surface area contributed by atoms with Gasteiger partial charge >= 0.3 is 0 Å². The van der Waals surface area contributed by atoms with E-state index >= 15 is 0 Å². The summed E-state index contributed by atoms with van der Waals surface area (Å²) in [5.74, 6) is -12.4. The number of aromatic nitrogens is 1. The topological polar surface area (TPSA) is 42.0 Å². The standard InChI is InChI=1S/C13H7F5N2O/c14-8-7(9(15)11(17)12(18)10(8)16)13(21)20-5-6-3-1-2-4-19-6/h1-4H,5H2,(H,20,21). The minimum Gasteiger partial charge on any atom is -0.346 e. The summed E-state index contributed by atoms with van der Waals surface area (Å²) in [5, 5.41) is 2.03. The van der Waals surface area contributed by atoms with Crippen LogP contribution in [0.15, 0.2) is 24.4 Å². The molecule has 0 saturated heterocycles. The predicted octanol–water partition coefficient (Wildman–Crippen LogP) is 2.71. The zero-order valence-corrected chi connectivity index (χ0v) is 10.3. The van der Waals surface area contributed by atoms with E-state index in [4.69, 9.17) is 0 Å². The van der Waals surface area contributed by atoms with E-state index < -0.39 is 40.6 Å². The first-order valence-corrected chi connectivity index (χ1v) is 5.63. The molecule has 2 aromatic rings. The quantitative estimate of drug-likeness (QED) is 0.538. The maximum absolute atomic E-state index is 13.4. The Bertz CT molecular complexity index is 662. The largest absolute Gasteiger partial charge is 0.346 e. The summed E-state index contributed by atoms with van der Waals surface area (Å²) in [5.41, 5.74) is -1.17. The van der Waals surface area contributed by atoms with E-state index in [1.165, 1.54) is 12.3 Å². The van der Waals surface area contributed by atoms with Crippen LogP contribution < -0.4 is 5.32 Å². The first-order chi connectivity index (χ1) is 9.93. The molecule has 21 heavy (non-hydrogen) atoms. The lowest BCUT2D eigenvalue weighted by Gasteiger charge is -2.08. The molecule has 2 rings (SSSR count). The van der Waals surface area contributed by atoms with Gasteiger partial charge in [-0.05, 0) is 12.1 Å². The molecule has 0 atom stereocenters. The van der Waals surface area contributed by atoms with Crippen molar-refractivity contribution >= 4 is 5.91 Å². The van der Waals surface area contributed by atoms with Crippen molar-refractivity contribution in [1.82, 2.24) is 10.3 Å². The molecule has 3 nitrogen and oxygen atoms in total. The van der Waals surface area contributed by atoms with Gasteiger partial charge in [0.1, 0.15) is 5.56 Å². The lowest BCUT2D eigenvalue weighted by Crippen LogP contribution is -2.27. The molecule has 1 N–H and O–H groups in total. The van der Waals surface area contributed by atoms with Gasteiger partial charge in [0.2, 0.25) is 5.82 Å². The Hall–Kier alpha value is -2.51. The highest BCUT2D eigenvalue weighted by atomic mass is 19.2. The number of amides is 1. The Kier molecular flexibility index (Phi) is 4.15. The van der Waals surface area contributed by atoms with E-state index in [1.54, 1.807) is 12.1 Å². The summed E-state index contributed by atoms with van der Waals surface area (Å²) in [6, 6.07) is 4.72. The SMILES string of the molecule is O=C(NCc1ccccn1)c1c(F)c(F)c(F)c(F)c1F. The fourth-order valence-corrected chi connectivity index (χ4v) is 1.57. The van der Waals surface area contributed by atoms with Crippen LogP contribution in [0.2, 0.25) is 0 Å². The van der Waals surface area contributed by atoms with E-state index in [1.807, 2.05) is 5.32 Å². The number of nitrogens with one attached hydrogen (secondary N) is 1. The predicted molar refractivity (Wildman–Crippen MR) is 61.6 cm³/mol. The van der Waals surface area contributed by atoms with Gasteiger partial charge in [-0.15, -0.1) is 0 Å². The average molecular weight is 302 g/mol. The summed E-state index contributed by atoms with van der Waals surface area (Å²) in [6.45, 7) is -0.223. The maximum atomic E-state index is 13.4. The van der Waals surface area contributed by atoms with Gasteiger partial charge in [0.25, 0.3) is 5.91 Å². The average Bonchev–Trinajstić information content (AvgIpc) is 2.50. The van der Waals surface area contributed by atoms with E-state index in [0.29, 0.717) is 5.69 Å². The van der Waals surface area contributed by atoms with Gasteiger partial charge in [0.05, 0.1) is 12.2 Å². The van der Waals surface area contributed by atoms with Crippen LogP contribution in [-0.4, -0.2) is 10.9 Å². The Morgan fingerprint density at radius 3 is 2.05 bits per heavy atom. The third-order valence-corrected chi connectivity index (χ3v) is 2.59. The lowest BCUT2D eigenvalue weighted by atomic mass is 10.1. The maximum Gasteiger partial charge on any atom is 0.257 e. The van der Waals surface area contributed by atoms with E-state index in [2.05, 4.69) is 4.98 Å². The number of carbonyl (C=O) groups is 1. The number of carbonyl (C=O) groups excluding carboxylic acids is 1. The second kappa shape index (κ2) is 5.86. The summed E-state index contributed by atoms with van der Waals surface area (Å²) in [7, 11) is 0. The first kappa shape index (κ1) is 14.9. The van der Waals surface area contributed by atoms with Crippen LogP contribution in [0.1, 0.15) is 16.1 Å². The van der Waals surface area contributed by atoms with Crippen LogP contribution in [0.3, 0.4) is 0 Å². The summed E-state index contributed by atoms with van der Waals surface area (Å²) in [4.78, 5) is 15.4. The molecule has 0 radical (unpaired) electrons. The van der Waals surface area contributed by atoms with E-state index in [-0.39, 0.29) is 6.54 Å². The minimum atomic E-state index is -2.31. The minimum absolute atomic E-state index is 0.223. The Morgan fingerprint density at radius 1 is 0.952 bits per heavy atom. The normalized spacial score (nSPS) is 10.5. The van der Waals surface area contributed by atoms with Gasteiger partial charge < -0.3 is 5.32 Å². The molecule has 1 aromatic heterocycles. The van der Waals surface area contributed by atoms with Crippen LogP contribution in [-0.2, 0) is 6.54 Å². The molecule has 0 aliphatic carbocycles. The molecular formula is C13H7F5N2O. The fourth-order valence-electron chi connectivity index (χ4n) is 1.57. The fraction of sp³-hybridized carbons (Fsp3) is 0.0769. The molecule has 0 aliphatic heterocycles. The van der Waals surface area contributed by atoms with Crippen molar-refractivity contribution in [3.63, 3.8) is 0 Å². The van der Waals surface area contributed by atoms with Crippen molar-refractivity contribution in [2.45, 2.75) is 6.54 Å². The molecule has 0 fully saturated rings. The van der Waals surface area contributed by atoms with Crippen molar-refractivity contribution in [2.24, 2.45) is 0 Å². The first-order valence-electron chi connectivity index (χ1n) is 5.63. The van der Waals surface area contributed by atoms with Crippen molar-refractivity contribution in [3.8, 4) is 0 Å². The molecule has 1 amide bonds. The monoisotopic (exact) mass is 302 g/mol. The molecule has 0 saturated carbocycles. The highest BCUT2D eigenvalue weighted by Crippen LogP contribution is 2.22. The second-order valence-electron chi connectivity index (χ2n) is 3.95. The summed E-state index contributed by atoms with van der Waals surface area (Å²) >= 11 is 0. The van der Waals surface area contributed by atoms with Crippen molar-refractivity contribution in [2.75, 3.05) is 0 Å².